The molecule has 342 valence electrons. The van der Waals surface area contributed by atoms with Crippen LogP contribution in [0.2, 0.25) is 0 Å². The highest BCUT2D eigenvalue weighted by Gasteiger charge is 2.21. The molecule has 0 radical (unpaired) electrons. The van der Waals surface area contributed by atoms with Crippen LogP contribution in [0.3, 0.4) is 0 Å². The molecule has 0 spiro atoms. The SMILES string of the molecule is CCCCCCCCC(CCCCCC)C(=O)COCOC(=O)CCN(CCCn1ccnc1)CCC(=O)OCCOC(=O)C(CCCCCC)CCCCCCCC. The van der Waals surface area contributed by atoms with Gasteiger partial charge in [0.05, 0.1) is 25.1 Å². The third-order valence-electron chi connectivity index (χ3n) is 11.3. The predicted molar refractivity (Wildman–Crippen MR) is 237 cm³/mol. The van der Waals surface area contributed by atoms with E-state index in [2.05, 4.69) is 37.6 Å². The number of hydrogen-bond donors (Lipinski definition) is 0. The summed E-state index contributed by atoms with van der Waals surface area (Å²) < 4.78 is 23.9. The number of imidazole rings is 1. The molecular formula is C48H87N3O8. The van der Waals surface area contributed by atoms with Gasteiger partial charge in [0.25, 0.3) is 0 Å². The van der Waals surface area contributed by atoms with Gasteiger partial charge in [-0.05, 0) is 38.6 Å². The van der Waals surface area contributed by atoms with Crippen LogP contribution in [-0.4, -0.2) is 84.4 Å². The Hall–Kier alpha value is -2.79. The van der Waals surface area contributed by atoms with Crippen molar-refractivity contribution in [1.29, 1.82) is 0 Å². The smallest absolute Gasteiger partial charge is 0.309 e. The number of Topliss-reactive ketones (excluding diaryl/α,β-unsaturated/α-hetero) is 1. The van der Waals surface area contributed by atoms with Crippen molar-refractivity contribution in [3.63, 3.8) is 0 Å². The first-order valence-electron chi connectivity index (χ1n) is 24.1. The van der Waals surface area contributed by atoms with Gasteiger partial charge in [0, 0.05) is 37.9 Å². The van der Waals surface area contributed by atoms with Crippen LogP contribution in [0.4, 0.5) is 0 Å². The predicted octanol–water partition coefficient (Wildman–Crippen LogP) is 11.2. The van der Waals surface area contributed by atoms with Crippen molar-refractivity contribution in [1.82, 2.24) is 14.5 Å². The quantitative estimate of drug-likeness (QED) is 0.0272. The van der Waals surface area contributed by atoms with Gasteiger partial charge in [-0.3, -0.25) is 19.2 Å². The van der Waals surface area contributed by atoms with Gasteiger partial charge in [-0.2, -0.15) is 0 Å². The van der Waals surface area contributed by atoms with Crippen molar-refractivity contribution in [3.8, 4) is 0 Å². The molecular weight excluding hydrogens is 747 g/mol. The van der Waals surface area contributed by atoms with E-state index >= 15 is 0 Å². The Morgan fingerprint density at radius 3 is 1.56 bits per heavy atom. The summed E-state index contributed by atoms with van der Waals surface area (Å²) in [6, 6.07) is 0. The Kier molecular flexibility index (Phi) is 36.2. The average Bonchev–Trinajstić information content (AvgIpc) is 3.76. The third kappa shape index (κ3) is 31.7. The van der Waals surface area contributed by atoms with Gasteiger partial charge >= 0.3 is 17.9 Å². The molecule has 0 aliphatic heterocycles. The van der Waals surface area contributed by atoms with Crippen molar-refractivity contribution in [2.24, 2.45) is 11.8 Å². The van der Waals surface area contributed by atoms with Crippen LogP contribution >= 0.6 is 0 Å². The van der Waals surface area contributed by atoms with Crippen LogP contribution in [-0.2, 0) is 44.7 Å². The van der Waals surface area contributed by atoms with E-state index in [1.807, 2.05) is 10.8 Å². The molecule has 0 saturated heterocycles. The normalized spacial score (nSPS) is 12.4. The summed E-state index contributed by atoms with van der Waals surface area (Å²) in [7, 11) is 0. The van der Waals surface area contributed by atoms with E-state index in [-0.39, 0.29) is 69.0 Å². The highest BCUT2D eigenvalue weighted by atomic mass is 16.7. The molecule has 1 aromatic heterocycles. The lowest BCUT2D eigenvalue weighted by molar-refractivity contribution is -0.159. The minimum Gasteiger partial charge on any atom is -0.462 e. The van der Waals surface area contributed by atoms with Crippen LogP contribution in [0.5, 0.6) is 0 Å². The molecule has 0 N–H and O–H groups in total. The van der Waals surface area contributed by atoms with E-state index < -0.39 is 5.97 Å². The number of carbonyl (C=O) groups excluding carboxylic acids is 4. The summed E-state index contributed by atoms with van der Waals surface area (Å²) in [6.07, 6.45) is 33.4. The van der Waals surface area contributed by atoms with Crippen molar-refractivity contribution in [2.45, 2.75) is 208 Å². The molecule has 59 heavy (non-hydrogen) atoms. The van der Waals surface area contributed by atoms with Gasteiger partial charge in [-0.1, -0.05) is 156 Å². The number of nitrogens with zero attached hydrogens (tertiary/aromatic N) is 3. The van der Waals surface area contributed by atoms with Crippen LogP contribution in [0.25, 0.3) is 0 Å². The summed E-state index contributed by atoms with van der Waals surface area (Å²) in [5, 5.41) is 0. The van der Waals surface area contributed by atoms with E-state index in [0.29, 0.717) is 19.6 Å². The number of rotatable bonds is 43. The summed E-state index contributed by atoms with van der Waals surface area (Å²) in [4.78, 5) is 57.6. The van der Waals surface area contributed by atoms with Crippen molar-refractivity contribution in [2.75, 3.05) is 46.2 Å². The van der Waals surface area contributed by atoms with Gasteiger partial charge in [-0.15, -0.1) is 0 Å². The first kappa shape index (κ1) is 54.2. The fourth-order valence-corrected chi connectivity index (χ4v) is 7.48. The van der Waals surface area contributed by atoms with Gasteiger partial charge in [0.15, 0.2) is 12.6 Å². The first-order chi connectivity index (χ1) is 28.8. The monoisotopic (exact) mass is 834 g/mol. The number of ketones is 1. The van der Waals surface area contributed by atoms with E-state index in [1.165, 1.54) is 70.6 Å². The van der Waals surface area contributed by atoms with Gasteiger partial charge in [0.2, 0.25) is 0 Å². The highest BCUT2D eigenvalue weighted by Crippen LogP contribution is 2.22. The second-order valence-electron chi connectivity index (χ2n) is 16.5. The molecule has 0 aromatic carbocycles. The maximum Gasteiger partial charge on any atom is 0.309 e. The summed E-state index contributed by atoms with van der Waals surface area (Å²) >= 11 is 0. The van der Waals surface area contributed by atoms with Gasteiger partial charge < -0.3 is 28.4 Å². The molecule has 0 bridgehead atoms. The van der Waals surface area contributed by atoms with Crippen molar-refractivity contribution in [3.05, 3.63) is 18.7 Å². The van der Waals surface area contributed by atoms with E-state index in [1.54, 1.807) is 12.5 Å². The molecule has 1 aromatic rings. The minimum absolute atomic E-state index is 0.00324. The molecule has 2 atom stereocenters. The zero-order valence-electron chi connectivity index (χ0n) is 38.2. The molecule has 2 unspecified atom stereocenters. The van der Waals surface area contributed by atoms with Crippen molar-refractivity contribution >= 4 is 23.7 Å². The minimum atomic E-state index is -0.412. The molecule has 1 heterocycles. The zero-order valence-corrected chi connectivity index (χ0v) is 38.2. The molecule has 0 aliphatic carbocycles. The largest absolute Gasteiger partial charge is 0.462 e. The van der Waals surface area contributed by atoms with Crippen molar-refractivity contribution < 1.29 is 38.1 Å². The van der Waals surface area contributed by atoms with Gasteiger partial charge in [-0.25, -0.2) is 4.98 Å². The maximum atomic E-state index is 13.1. The highest BCUT2D eigenvalue weighted by molar-refractivity contribution is 5.82. The molecule has 0 fully saturated rings. The van der Waals surface area contributed by atoms with E-state index in [4.69, 9.17) is 18.9 Å². The Bertz CT molecular complexity index is 1080. The molecule has 11 heteroatoms. The maximum absolute atomic E-state index is 13.1. The van der Waals surface area contributed by atoms with Gasteiger partial charge in [0.1, 0.15) is 19.8 Å². The molecule has 0 amide bonds. The summed E-state index contributed by atoms with van der Waals surface area (Å²) in [5.41, 5.74) is 0. The molecule has 1 rings (SSSR count). The number of aromatic nitrogens is 2. The standard InChI is InChI=1S/C48H87N3O8/c1-5-9-13-17-19-23-27-43(26-21-15-11-7-3)45(52)40-56-42-59-47(54)31-36-50(33-25-34-51-37-32-49-41-51)35-30-46(53)57-38-39-58-48(55)44(28-22-16-12-8-4)29-24-20-18-14-10-6-2/h32,37,41,43-44H,5-31,33-36,38-40,42H2,1-4H3. The number of ether oxygens (including phenoxy) is 4. The fraction of sp³-hybridized carbons (Fsp3) is 0.854. The van der Waals surface area contributed by atoms with E-state index in [0.717, 1.165) is 96.4 Å². The fourth-order valence-electron chi connectivity index (χ4n) is 7.48. The van der Waals surface area contributed by atoms with Crippen LogP contribution in [0.15, 0.2) is 18.7 Å². The lowest BCUT2D eigenvalue weighted by atomic mass is 9.91. The molecule has 0 saturated carbocycles. The Balaban J connectivity index is 2.51. The van der Waals surface area contributed by atoms with Crippen LogP contribution < -0.4 is 0 Å². The second kappa shape index (κ2) is 39.4. The second-order valence-corrected chi connectivity index (χ2v) is 16.5. The molecule has 11 nitrogen and oxygen atoms in total. The van der Waals surface area contributed by atoms with Crippen LogP contribution in [0.1, 0.15) is 201 Å². The summed E-state index contributed by atoms with van der Waals surface area (Å²) in [6.45, 7) is 10.8. The lowest BCUT2D eigenvalue weighted by Crippen LogP contribution is -2.31. The Morgan fingerprint density at radius 1 is 0.559 bits per heavy atom. The molecule has 0 aliphatic rings. The number of hydrogen-bond acceptors (Lipinski definition) is 10. The number of unbranched alkanes of at least 4 members (excludes halogenated alkanes) is 16. The first-order valence-corrected chi connectivity index (χ1v) is 24.1. The van der Waals surface area contributed by atoms with E-state index in [9.17, 15) is 19.2 Å². The number of aryl methyl sites for hydroxylation is 1. The number of esters is 3. The topological polar surface area (TPSA) is 126 Å². The Labute approximate surface area is 359 Å². The zero-order chi connectivity index (χ0) is 43.0. The Morgan fingerprint density at radius 2 is 1.03 bits per heavy atom. The summed E-state index contributed by atoms with van der Waals surface area (Å²) in [5.74, 6) is -0.948. The lowest BCUT2D eigenvalue weighted by Gasteiger charge is -2.22. The average molecular weight is 834 g/mol. The third-order valence-corrected chi connectivity index (χ3v) is 11.3. The van der Waals surface area contributed by atoms with Crippen LogP contribution in [0, 0.1) is 11.8 Å². The number of carbonyl (C=O) groups is 4.